The van der Waals surface area contributed by atoms with Crippen molar-refractivity contribution in [3.63, 3.8) is 0 Å². The Labute approximate surface area is 115 Å². The number of carbonyl (C=O) groups excluding carboxylic acids is 1. The first-order valence-corrected chi connectivity index (χ1v) is 6.93. The highest BCUT2D eigenvalue weighted by molar-refractivity contribution is 5.89. The predicted molar refractivity (Wildman–Crippen MR) is 78.3 cm³/mol. The minimum Gasteiger partial charge on any atom is -0.325 e. The van der Waals surface area contributed by atoms with Crippen LogP contribution in [-0.2, 0) is 0 Å². The van der Waals surface area contributed by atoms with E-state index >= 15 is 0 Å². The van der Waals surface area contributed by atoms with E-state index in [1.807, 2.05) is 37.2 Å². The van der Waals surface area contributed by atoms with Crippen molar-refractivity contribution in [1.82, 2.24) is 10.2 Å². The lowest BCUT2D eigenvalue weighted by atomic mass is 9.92. The average molecular weight is 261 g/mol. The average Bonchev–Trinajstić information content (AvgIpc) is 2.36. The van der Waals surface area contributed by atoms with Crippen LogP contribution in [0.4, 0.5) is 10.5 Å². The number of nitrogens with zero attached hydrogens (tertiary/aromatic N) is 1. The van der Waals surface area contributed by atoms with Gasteiger partial charge in [0.15, 0.2) is 0 Å². The Morgan fingerprint density at radius 1 is 1.42 bits per heavy atom. The van der Waals surface area contributed by atoms with Crippen LogP contribution in [0.15, 0.2) is 24.3 Å². The lowest BCUT2D eigenvalue weighted by Gasteiger charge is -2.34. The van der Waals surface area contributed by atoms with Crippen molar-refractivity contribution in [3.05, 3.63) is 29.8 Å². The molecule has 0 bridgehead atoms. The van der Waals surface area contributed by atoms with E-state index in [1.165, 1.54) is 12.0 Å². The molecule has 4 nitrogen and oxygen atoms in total. The fraction of sp³-hybridized carbons (Fsp3) is 0.533. The molecule has 0 aliphatic heterocycles. The summed E-state index contributed by atoms with van der Waals surface area (Å²) in [6.07, 6.45) is 3.49. The van der Waals surface area contributed by atoms with Crippen molar-refractivity contribution < 1.29 is 4.79 Å². The fourth-order valence-electron chi connectivity index (χ4n) is 2.20. The molecular weight excluding hydrogens is 238 g/mol. The second-order valence-corrected chi connectivity index (χ2v) is 5.26. The van der Waals surface area contributed by atoms with Gasteiger partial charge in [-0.05, 0) is 50.9 Å². The van der Waals surface area contributed by atoms with Crippen LogP contribution < -0.4 is 10.6 Å². The number of amides is 2. The molecule has 2 N–H and O–H groups in total. The van der Waals surface area contributed by atoms with E-state index in [0.717, 1.165) is 18.5 Å². The molecule has 4 heteroatoms. The van der Waals surface area contributed by atoms with Gasteiger partial charge in [0.1, 0.15) is 0 Å². The highest BCUT2D eigenvalue weighted by Gasteiger charge is 2.25. The van der Waals surface area contributed by atoms with Crippen LogP contribution >= 0.6 is 0 Å². The molecule has 2 amide bonds. The number of carbonyl (C=O) groups is 1. The number of hydrogen-bond acceptors (Lipinski definition) is 2. The molecule has 1 atom stereocenters. The number of nitrogens with one attached hydrogen (secondary N) is 2. The van der Waals surface area contributed by atoms with Crippen LogP contribution in [0.3, 0.4) is 0 Å². The summed E-state index contributed by atoms with van der Waals surface area (Å²) in [6.45, 7) is 2.10. The predicted octanol–water partition coefficient (Wildman–Crippen LogP) is 2.98. The maximum absolute atomic E-state index is 12.1. The van der Waals surface area contributed by atoms with Crippen LogP contribution in [0.1, 0.15) is 37.8 Å². The molecule has 104 valence electrons. The van der Waals surface area contributed by atoms with E-state index in [-0.39, 0.29) is 12.1 Å². The Bertz CT molecular complexity index is 443. The molecule has 1 unspecified atom stereocenters. The molecule has 0 saturated heterocycles. The third kappa shape index (κ3) is 3.26. The van der Waals surface area contributed by atoms with Gasteiger partial charge >= 0.3 is 6.03 Å². The summed E-state index contributed by atoms with van der Waals surface area (Å²) in [5.74, 6) is 0. The molecule has 0 radical (unpaired) electrons. The van der Waals surface area contributed by atoms with Gasteiger partial charge in [-0.2, -0.15) is 0 Å². The molecule has 0 heterocycles. The van der Waals surface area contributed by atoms with Gasteiger partial charge in [0.25, 0.3) is 0 Å². The number of urea groups is 1. The largest absolute Gasteiger partial charge is 0.325 e. The van der Waals surface area contributed by atoms with Gasteiger partial charge in [0.2, 0.25) is 0 Å². The summed E-state index contributed by atoms with van der Waals surface area (Å²) >= 11 is 0. The topological polar surface area (TPSA) is 44.4 Å². The number of rotatable bonds is 4. The quantitative estimate of drug-likeness (QED) is 0.875. The highest BCUT2D eigenvalue weighted by atomic mass is 16.2. The minimum absolute atomic E-state index is 0.0149. The summed E-state index contributed by atoms with van der Waals surface area (Å²) in [5, 5.41) is 6.17. The van der Waals surface area contributed by atoms with Crippen LogP contribution in [0.25, 0.3) is 0 Å². The lowest BCUT2D eigenvalue weighted by molar-refractivity contribution is 0.169. The Morgan fingerprint density at radius 3 is 2.74 bits per heavy atom. The van der Waals surface area contributed by atoms with E-state index in [2.05, 4.69) is 23.6 Å². The SMILES string of the molecule is CNC(C)c1cccc(NC(=O)N(C)C2CCC2)c1. The third-order valence-electron chi connectivity index (χ3n) is 4.01. The minimum atomic E-state index is -0.0149. The van der Waals surface area contributed by atoms with E-state index in [1.54, 1.807) is 0 Å². The number of benzene rings is 1. The maximum Gasteiger partial charge on any atom is 0.321 e. The monoisotopic (exact) mass is 261 g/mol. The summed E-state index contributed by atoms with van der Waals surface area (Å²) in [4.78, 5) is 13.9. The molecule has 2 rings (SSSR count). The zero-order chi connectivity index (χ0) is 13.8. The zero-order valence-electron chi connectivity index (χ0n) is 11.9. The van der Waals surface area contributed by atoms with Gasteiger partial charge in [-0.15, -0.1) is 0 Å². The maximum atomic E-state index is 12.1. The highest BCUT2D eigenvalue weighted by Crippen LogP contribution is 2.24. The first-order chi connectivity index (χ1) is 9.11. The lowest BCUT2D eigenvalue weighted by Crippen LogP contribution is -2.43. The van der Waals surface area contributed by atoms with E-state index < -0.39 is 0 Å². The molecule has 1 aliphatic carbocycles. The van der Waals surface area contributed by atoms with Gasteiger partial charge in [-0.25, -0.2) is 4.79 Å². The Balaban J connectivity index is 2.00. The van der Waals surface area contributed by atoms with Gasteiger partial charge in [0.05, 0.1) is 0 Å². The molecule has 0 aromatic heterocycles. The fourth-order valence-corrected chi connectivity index (χ4v) is 2.20. The van der Waals surface area contributed by atoms with E-state index in [9.17, 15) is 4.79 Å². The number of anilines is 1. The van der Waals surface area contributed by atoms with Crippen molar-refractivity contribution in [3.8, 4) is 0 Å². The van der Waals surface area contributed by atoms with Crippen LogP contribution in [0, 0.1) is 0 Å². The normalized spacial score (nSPS) is 16.6. The molecule has 19 heavy (non-hydrogen) atoms. The molecule has 1 fully saturated rings. The summed E-state index contributed by atoms with van der Waals surface area (Å²) in [6, 6.07) is 8.67. The third-order valence-corrected chi connectivity index (χ3v) is 4.01. The van der Waals surface area contributed by atoms with Gasteiger partial charge in [-0.3, -0.25) is 0 Å². The summed E-state index contributed by atoms with van der Waals surface area (Å²) in [7, 11) is 3.81. The smallest absolute Gasteiger partial charge is 0.321 e. The molecule has 1 aromatic carbocycles. The van der Waals surface area contributed by atoms with Crippen molar-refractivity contribution in [2.45, 2.75) is 38.3 Å². The zero-order valence-corrected chi connectivity index (χ0v) is 11.9. The first kappa shape index (κ1) is 13.9. The van der Waals surface area contributed by atoms with Crippen molar-refractivity contribution in [2.75, 3.05) is 19.4 Å². The number of hydrogen-bond donors (Lipinski definition) is 2. The van der Waals surface area contributed by atoms with Crippen molar-refractivity contribution in [2.24, 2.45) is 0 Å². The second-order valence-electron chi connectivity index (χ2n) is 5.26. The molecule has 1 aromatic rings. The van der Waals surface area contributed by atoms with Crippen molar-refractivity contribution in [1.29, 1.82) is 0 Å². The van der Waals surface area contributed by atoms with E-state index in [0.29, 0.717) is 6.04 Å². The molecule has 0 spiro atoms. The summed E-state index contributed by atoms with van der Waals surface area (Å²) < 4.78 is 0. The van der Waals surface area contributed by atoms with Crippen LogP contribution in [0.2, 0.25) is 0 Å². The molecule has 1 aliphatic rings. The van der Waals surface area contributed by atoms with E-state index in [4.69, 9.17) is 0 Å². The van der Waals surface area contributed by atoms with Crippen LogP contribution in [-0.4, -0.2) is 31.1 Å². The van der Waals surface area contributed by atoms with Gasteiger partial charge in [0, 0.05) is 24.8 Å². The Hall–Kier alpha value is -1.55. The molecular formula is C15H23N3O. The van der Waals surface area contributed by atoms with Crippen LogP contribution in [0.5, 0.6) is 0 Å². The standard InChI is InChI=1S/C15H23N3O/c1-11(16-2)12-6-4-7-13(10-12)17-15(19)18(3)14-8-5-9-14/h4,6-7,10-11,14,16H,5,8-9H2,1-3H3,(H,17,19). The Morgan fingerprint density at radius 2 is 2.16 bits per heavy atom. The van der Waals surface area contributed by atoms with Crippen molar-refractivity contribution >= 4 is 11.7 Å². The van der Waals surface area contributed by atoms with Gasteiger partial charge < -0.3 is 15.5 Å². The second kappa shape index (κ2) is 6.06. The molecule has 1 saturated carbocycles. The summed E-state index contributed by atoms with van der Waals surface area (Å²) in [5.41, 5.74) is 2.03. The Kier molecular flexibility index (Phi) is 4.43. The first-order valence-electron chi connectivity index (χ1n) is 6.93. The van der Waals surface area contributed by atoms with Gasteiger partial charge in [-0.1, -0.05) is 12.1 Å².